The van der Waals surface area contributed by atoms with E-state index in [9.17, 15) is 9.59 Å². The smallest absolute Gasteiger partial charge is 0.253 e. The topological polar surface area (TPSA) is 75.4 Å². The van der Waals surface area contributed by atoms with Gasteiger partial charge in [-0.15, -0.1) is 12.4 Å². The van der Waals surface area contributed by atoms with Gasteiger partial charge in [0.05, 0.1) is 6.04 Å². The fraction of sp³-hybridized carbons (Fsp3) is 0.467. The lowest BCUT2D eigenvalue weighted by atomic mass is 10.1. The van der Waals surface area contributed by atoms with Gasteiger partial charge in [-0.25, -0.2) is 0 Å². The lowest BCUT2D eigenvalue weighted by molar-refractivity contribution is -0.117. The molecule has 116 valence electrons. The summed E-state index contributed by atoms with van der Waals surface area (Å²) in [6.45, 7) is 3.25. The van der Waals surface area contributed by atoms with Gasteiger partial charge in [0.1, 0.15) is 0 Å². The molecule has 0 unspecified atom stereocenters. The highest BCUT2D eigenvalue weighted by Crippen LogP contribution is 2.16. The Morgan fingerprint density at radius 1 is 1.24 bits per heavy atom. The van der Waals surface area contributed by atoms with Crippen LogP contribution in [-0.2, 0) is 4.79 Å². The lowest BCUT2D eigenvalue weighted by Crippen LogP contribution is -2.35. The van der Waals surface area contributed by atoms with Crippen LogP contribution in [0.15, 0.2) is 24.3 Å². The predicted octanol–water partition coefficient (Wildman–Crippen LogP) is 2.02. The molecule has 6 heteroatoms. The van der Waals surface area contributed by atoms with Gasteiger partial charge in [0.25, 0.3) is 5.91 Å². The van der Waals surface area contributed by atoms with Crippen molar-refractivity contribution in [2.24, 2.45) is 5.73 Å². The molecule has 1 aliphatic heterocycles. The quantitative estimate of drug-likeness (QED) is 0.896. The fourth-order valence-corrected chi connectivity index (χ4v) is 2.27. The van der Waals surface area contributed by atoms with E-state index in [1.807, 2.05) is 4.90 Å². The van der Waals surface area contributed by atoms with E-state index in [1.165, 1.54) is 6.42 Å². The third-order valence-corrected chi connectivity index (χ3v) is 3.43. The first kappa shape index (κ1) is 17.5. The molecule has 2 amide bonds. The maximum Gasteiger partial charge on any atom is 0.253 e. The second-order valence-corrected chi connectivity index (χ2v) is 5.21. The Bertz CT molecular complexity index is 499. The molecule has 0 aliphatic carbocycles. The molecule has 1 aromatic rings. The molecule has 1 saturated heterocycles. The lowest BCUT2D eigenvalue weighted by Gasteiger charge is -2.26. The van der Waals surface area contributed by atoms with E-state index in [1.54, 1.807) is 31.2 Å². The third kappa shape index (κ3) is 4.72. The zero-order valence-corrected chi connectivity index (χ0v) is 13.0. The molecule has 0 saturated carbocycles. The summed E-state index contributed by atoms with van der Waals surface area (Å²) in [4.78, 5) is 25.8. The number of halogens is 1. The van der Waals surface area contributed by atoms with Crippen molar-refractivity contribution in [2.45, 2.75) is 32.2 Å². The summed E-state index contributed by atoms with van der Waals surface area (Å²) in [6, 6.07) is 6.44. The summed E-state index contributed by atoms with van der Waals surface area (Å²) < 4.78 is 0. The van der Waals surface area contributed by atoms with Crippen molar-refractivity contribution >= 4 is 29.9 Å². The number of anilines is 1. The van der Waals surface area contributed by atoms with E-state index >= 15 is 0 Å². The van der Waals surface area contributed by atoms with Crippen LogP contribution in [0.2, 0.25) is 0 Å². The van der Waals surface area contributed by atoms with Gasteiger partial charge in [0, 0.05) is 24.3 Å². The molecule has 1 aliphatic rings. The fourth-order valence-electron chi connectivity index (χ4n) is 2.27. The number of nitrogens with zero attached hydrogens (tertiary/aromatic N) is 1. The Morgan fingerprint density at radius 2 is 1.90 bits per heavy atom. The number of carbonyl (C=O) groups excluding carboxylic acids is 2. The second-order valence-electron chi connectivity index (χ2n) is 5.21. The van der Waals surface area contributed by atoms with E-state index in [0.29, 0.717) is 11.3 Å². The number of likely N-dealkylation sites (tertiary alicyclic amines) is 1. The van der Waals surface area contributed by atoms with E-state index < -0.39 is 6.04 Å². The molecule has 0 aromatic heterocycles. The van der Waals surface area contributed by atoms with Gasteiger partial charge in [-0.3, -0.25) is 9.59 Å². The number of benzene rings is 1. The van der Waals surface area contributed by atoms with E-state index in [-0.39, 0.29) is 24.2 Å². The third-order valence-electron chi connectivity index (χ3n) is 3.43. The summed E-state index contributed by atoms with van der Waals surface area (Å²) in [6.07, 6.45) is 3.31. The molecular formula is C15H22ClN3O2. The Hall–Kier alpha value is -1.59. The van der Waals surface area contributed by atoms with Crippen molar-refractivity contribution in [3.8, 4) is 0 Å². The number of piperidine rings is 1. The summed E-state index contributed by atoms with van der Waals surface area (Å²) in [5.74, 6) is -0.228. The molecular weight excluding hydrogens is 290 g/mol. The van der Waals surface area contributed by atoms with Crippen molar-refractivity contribution in [3.05, 3.63) is 29.8 Å². The van der Waals surface area contributed by atoms with Gasteiger partial charge < -0.3 is 16.0 Å². The Balaban J connectivity index is 0.00000220. The molecule has 3 N–H and O–H groups in total. The van der Waals surface area contributed by atoms with Crippen LogP contribution in [-0.4, -0.2) is 35.8 Å². The van der Waals surface area contributed by atoms with Crippen molar-refractivity contribution in [1.82, 2.24) is 4.90 Å². The monoisotopic (exact) mass is 311 g/mol. The predicted molar refractivity (Wildman–Crippen MR) is 85.7 cm³/mol. The largest absolute Gasteiger partial charge is 0.339 e. The maximum atomic E-state index is 12.4. The van der Waals surface area contributed by atoms with Gasteiger partial charge in [-0.1, -0.05) is 6.07 Å². The number of rotatable bonds is 3. The van der Waals surface area contributed by atoms with Crippen LogP contribution in [0.1, 0.15) is 36.5 Å². The highest BCUT2D eigenvalue weighted by Gasteiger charge is 2.18. The molecule has 0 bridgehead atoms. The molecule has 1 heterocycles. The molecule has 0 spiro atoms. The number of carbonyl (C=O) groups is 2. The second kappa shape index (κ2) is 8.00. The van der Waals surface area contributed by atoms with Crippen molar-refractivity contribution in [2.75, 3.05) is 18.4 Å². The summed E-state index contributed by atoms with van der Waals surface area (Å²) in [5.41, 5.74) is 6.72. The van der Waals surface area contributed by atoms with Crippen LogP contribution in [0.4, 0.5) is 5.69 Å². The molecule has 2 rings (SSSR count). The SMILES string of the molecule is C[C@@H](N)C(=O)Nc1cccc(C(=O)N2CCCCC2)c1.Cl. The molecule has 1 aromatic carbocycles. The number of nitrogens with two attached hydrogens (primary N) is 1. The van der Waals surface area contributed by atoms with Gasteiger partial charge in [-0.2, -0.15) is 0 Å². The highest BCUT2D eigenvalue weighted by atomic mass is 35.5. The van der Waals surface area contributed by atoms with E-state index in [2.05, 4.69) is 5.32 Å². The number of nitrogens with one attached hydrogen (secondary N) is 1. The zero-order valence-electron chi connectivity index (χ0n) is 12.2. The standard InChI is InChI=1S/C15H21N3O2.ClH/c1-11(16)14(19)17-13-7-5-6-12(10-13)15(20)18-8-3-2-4-9-18;/h5-7,10-11H,2-4,8-9,16H2,1H3,(H,17,19);1H/t11-;/m1./s1. The van der Waals surface area contributed by atoms with Crippen LogP contribution in [0.3, 0.4) is 0 Å². The van der Waals surface area contributed by atoms with E-state index in [0.717, 1.165) is 25.9 Å². The first-order valence-electron chi connectivity index (χ1n) is 7.04. The minimum Gasteiger partial charge on any atom is -0.339 e. The van der Waals surface area contributed by atoms with E-state index in [4.69, 9.17) is 5.73 Å². The van der Waals surface area contributed by atoms with Gasteiger partial charge in [-0.05, 0) is 44.4 Å². The minimum atomic E-state index is -0.573. The zero-order chi connectivity index (χ0) is 14.5. The molecule has 21 heavy (non-hydrogen) atoms. The normalized spacial score (nSPS) is 15.8. The maximum absolute atomic E-state index is 12.4. The van der Waals surface area contributed by atoms with Crippen molar-refractivity contribution in [1.29, 1.82) is 0 Å². The molecule has 1 atom stereocenters. The molecule has 1 fully saturated rings. The number of amides is 2. The van der Waals surface area contributed by atoms with Gasteiger partial charge in [0.2, 0.25) is 5.91 Å². The summed E-state index contributed by atoms with van der Waals surface area (Å²) in [7, 11) is 0. The Morgan fingerprint density at radius 3 is 2.52 bits per heavy atom. The van der Waals surface area contributed by atoms with Gasteiger partial charge >= 0.3 is 0 Å². The first-order chi connectivity index (χ1) is 9.58. The average molecular weight is 312 g/mol. The van der Waals surface area contributed by atoms with Crippen molar-refractivity contribution in [3.63, 3.8) is 0 Å². The Kier molecular flexibility index (Phi) is 6.65. The molecule has 0 radical (unpaired) electrons. The first-order valence-corrected chi connectivity index (χ1v) is 7.04. The van der Waals surface area contributed by atoms with Crippen LogP contribution in [0.25, 0.3) is 0 Å². The van der Waals surface area contributed by atoms with Gasteiger partial charge in [0.15, 0.2) is 0 Å². The summed E-state index contributed by atoms with van der Waals surface area (Å²) >= 11 is 0. The van der Waals surface area contributed by atoms with Crippen LogP contribution >= 0.6 is 12.4 Å². The summed E-state index contributed by atoms with van der Waals surface area (Å²) in [5, 5.41) is 2.70. The molecule has 5 nitrogen and oxygen atoms in total. The minimum absolute atomic E-state index is 0. The van der Waals surface area contributed by atoms with Crippen LogP contribution in [0.5, 0.6) is 0 Å². The number of hydrogen-bond donors (Lipinski definition) is 2. The average Bonchev–Trinajstić information content (AvgIpc) is 2.47. The van der Waals surface area contributed by atoms with Crippen LogP contribution in [0, 0.1) is 0 Å². The highest BCUT2D eigenvalue weighted by molar-refractivity contribution is 5.98. The Labute approximate surface area is 131 Å². The van der Waals surface area contributed by atoms with Crippen molar-refractivity contribution < 1.29 is 9.59 Å². The number of hydrogen-bond acceptors (Lipinski definition) is 3. The van der Waals surface area contributed by atoms with Crippen LogP contribution < -0.4 is 11.1 Å².